The molecular weight excluding hydrogens is 280 g/mol. The van der Waals surface area contributed by atoms with Crippen molar-refractivity contribution in [2.45, 2.75) is 45.2 Å². The quantitative estimate of drug-likeness (QED) is 0.906. The van der Waals surface area contributed by atoms with Gasteiger partial charge in [-0.25, -0.2) is 0 Å². The Balaban J connectivity index is 1.47. The molecule has 1 aromatic rings. The topological polar surface area (TPSA) is 75.6 Å². The van der Waals surface area contributed by atoms with Crippen LogP contribution >= 0.6 is 0 Å². The summed E-state index contributed by atoms with van der Waals surface area (Å²) in [6, 6.07) is 2.18. The lowest BCUT2D eigenvalue weighted by atomic mass is 9.85. The molecule has 0 unspecified atom stereocenters. The summed E-state index contributed by atoms with van der Waals surface area (Å²) >= 11 is 0. The molecule has 22 heavy (non-hydrogen) atoms. The number of aryl methyl sites for hydroxylation is 1. The number of carbonyl (C=O) groups is 1. The van der Waals surface area contributed by atoms with E-state index in [1.165, 1.54) is 0 Å². The van der Waals surface area contributed by atoms with Gasteiger partial charge < -0.3 is 15.2 Å². The van der Waals surface area contributed by atoms with Crippen molar-refractivity contribution >= 4 is 5.91 Å². The van der Waals surface area contributed by atoms with Gasteiger partial charge >= 0.3 is 0 Å². The molecule has 0 aromatic carbocycles. The fraction of sp³-hybridized carbons (Fsp3) is 0.750. The van der Waals surface area contributed by atoms with Gasteiger partial charge in [0.05, 0.1) is 12.2 Å². The normalized spacial score (nSPS) is 27.1. The molecule has 1 aromatic heterocycles. The van der Waals surface area contributed by atoms with E-state index in [9.17, 15) is 4.79 Å². The van der Waals surface area contributed by atoms with Crippen LogP contribution in [0, 0.1) is 12.8 Å². The van der Waals surface area contributed by atoms with Crippen LogP contribution in [0.2, 0.25) is 0 Å². The Labute approximate surface area is 131 Å². The Hall–Kier alpha value is -1.40. The van der Waals surface area contributed by atoms with E-state index < -0.39 is 0 Å². The number of carbonyl (C=O) groups excluding carboxylic acids is 1. The van der Waals surface area contributed by atoms with Crippen LogP contribution < -0.4 is 5.73 Å². The molecule has 0 bridgehead atoms. The molecule has 0 radical (unpaired) electrons. The van der Waals surface area contributed by atoms with Crippen LogP contribution in [0.15, 0.2) is 10.6 Å². The maximum absolute atomic E-state index is 12.6. The summed E-state index contributed by atoms with van der Waals surface area (Å²) in [4.78, 5) is 16.9. The summed E-state index contributed by atoms with van der Waals surface area (Å²) < 4.78 is 5.26. The van der Waals surface area contributed by atoms with E-state index in [0.29, 0.717) is 5.91 Å². The molecule has 6 heteroatoms. The van der Waals surface area contributed by atoms with Crippen molar-refractivity contribution in [2.75, 3.05) is 26.2 Å². The lowest BCUT2D eigenvalue weighted by molar-refractivity contribution is -0.138. The van der Waals surface area contributed by atoms with E-state index in [-0.39, 0.29) is 12.0 Å². The van der Waals surface area contributed by atoms with Crippen LogP contribution in [-0.4, -0.2) is 53.1 Å². The van der Waals surface area contributed by atoms with Gasteiger partial charge in [0.1, 0.15) is 0 Å². The number of piperazine rings is 1. The van der Waals surface area contributed by atoms with E-state index in [1.54, 1.807) is 0 Å². The molecule has 2 fully saturated rings. The van der Waals surface area contributed by atoms with Gasteiger partial charge in [-0.2, -0.15) is 0 Å². The molecule has 6 nitrogen and oxygen atoms in total. The van der Waals surface area contributed by atoms with Gasteiger partial charge in [0.2, 0.25) is 5.91 Å². The molecule has 0 spiro atoms. The number of nitrogens with two attached hydrogens (primary N) is 1. The Morgan fingerprint density at radius 2 is 2.14 bits per heavy atom. The van der Waals surface area contributed by atoms with Crippen molar-refractivity contribution in [1.82, 2.24) is 15.0 Å². The van der Waals surface area contributed by atoms with E-state index >= 15 is 0 Å². The average Bonchev–Trinajstić information content (AvgIpc) is 2.92. The summed E-state index contributed by atoms with van der Waals surface area (Å²) in [5, 5.41) is 3.92. The highest BCUT2D eigenvalue weighted by molar-refractivity contribution is 5.79. The number of hydrogen-bond acceptors (Lipinski definition) is 5. The van der Waals surface area contributed by atoms with Gasteiger partial charge in [0.15, 0.2) is 5.76 Å². The van der Waals surface area contributed by atoms with Crippen LogP contribution in [0.4, 0.5) is 0 Å². The Morgan fingerprint density at radius 3 is 2.77 bits per heavy atom. The molecule has 2 heterocycles. The molecular formula is C16H26N4O2. The van der Waals surface area contributed by atoms with Gasteiger partial charge in [-0.1, -0.05) is 11.6 Å². The zero-order chi connectivity index (χ0) is 15.5. The molecule has 1 saturated carbocycles. The van der Waals surface area contributed by atoms with Crippen LogP contribution in [0.25, 0.3) is 0 Å². The fourth-order valence-corrected chi connectivity index (χ4v) is 3.55. The third-order valence-corrected chi connectivity index (χ3v) is 4.80. The van der Waals surface area contributed by atoms with Crippen LogP contribution in [-0.2, 0) is 11.3 Å². The van der Waals surface area contributed by atoms with E-state index in [1.807, 2.05) is 17.9 Å². The Morgan fingerprint density at radius 1 is 1.36 bits per heavy atom. The third kappa shape index (κ3) is 3.67. The van der Waals surface area contributed by atoms with E-state index in [0.717, 1.165) is 69.9 Å². The molecule has 1 saturated heterocycles. The van der Waals surface area contributed by atoms with Gasteiger partial charge in [-0.15, -0.1) is 0 Å². The van der Waals surface area contributed by atoms with Gasteiger partial charge in [0, 0.05) is 44.2 Å². The first-order valence-electron chi connectivity index (χ1n) is 8.31. The minimum Gasteiger partial charge on any atom is -0.360 e. The second kappa shape index (κ2) is 6.79. The third-order valence-electron chi connectivity index (χ3n) is 4.80. The minimum atomic E-state index is 0.146. The van der Waals surface area contributed by atoms with Crippen molar-refractivity contribution in [2.24, 2.45) is 11.7 Å². The van der Waals surface area contributed by atoms with E-state index in [2.05, 4.69) is 10.1 Å². The largest absolute Gasteiger partial charge is 0.360 e. The van der Waals surface area contributed by atoms with Gasteiger partial charge in [-0.3, -0.25) is 9.69 Å². The predicted molar refractivity (Wildman–Crippen MR) is 83.0 cm³/mol. The lowest BCUT2D eigenvalue weighted by Crippen LogP contribution is -2.50. The molecule has 2 aliphatic rings. The Kier molecular flexibility index (Phi) is 4.78. The van der Waals surface area contributed by atoms with Crippen molar-refractivity contribution in [3.05, 3.63) is 17.5 Å². The van der Waals surface area contributed by atoms with Crippen molar-refractivity contribution in [1.29, 1.82) is 0 Å². The maximum Gasteiger partial charge on any atom is 0.225 e. The highest BCUT2D eigenvalue weighted by atomic mass is 16.5. The first-order chi connectivity index (χ1) is 10.6. The molecule has 1 aliphatic carbocycles. The zero-order valence-electron chi connectivity index (χ0n) is 13.3. The lowest BCUT2D eigenvalue weighted by Gasteiger charge is -2.37. The maximum atomic E-state index is 12.6. The smallest absolute Gasteiger partial charge is 0.225 e. The standard InChI is InChI=1S/C16H26N4O2/c1-12-9-15(22-18-12)11-19-5-7-20(8-6-19)16(21)13-3-2-4-14(17)10-13/h9,13-14H,2-8,10-11,17H2,1H3/t13-,14-/m1/s1. The van der Waals surface area contributed by atoms with Crippen LogP contribution in [0.5, 0.6) is 0 Å². The zero-order valence-corrected chi connectivity index (χ0v) is 13.3. The molecule has 2 N–H and O–H groups in total. The molecule has 1 aliphatic heterocycles. The SMILES string of the molecule is Cc1cc(CN2CCN(C(=O)[C@@H]3CCC[C@@H](N)C3)CC2)on1. The fourth-order valence-electron chi connectivity index (χ4n) is 3.55. The first-order valence-corrected chi connectivity index (χ1v) is 8.31. The Bertz CT molecular complexity index is 508. The van der Waals surface area contributed by atoms with Gasteiger partial charge in [0.25, 0.3) is 0 Å². The minimum absolute atomic E-state index is 0.146. The predicted octanol–water partition coefficient (Wildman–Crippen LogP) is 1.14. The van der Waals surface area contributed by atoms with Crippen molar-refractivity contribution in [3.63, 3.8) is 0 Å². The summed E-state index contributed by atoms with van der Waals surface area (Å²) in [6.07, 6.45) is 4.01. The summed E-state index contributed by atoms with van der Waals surface area (Å²) in [7, 11) is 0. The average molecular weight is 306 g/mol. The highest BCUT2D eigenvalue weighted by Crippen LogP contribution is 2.25. The molecule has 2 atom stereocenters. The number of aromatic nitrogens is 1. The summed E-state index contributed by atoms with van der Waals surface area (Å²) in [5.41, 5.74) is 6.92. The second-order valence-corrected chi connectivity index (χ2v) is 6.66. The number of nitrogens with zero attached hydrogens (tertiary/aromatic N) is 3. The summed E-state index contributed by atoms with van der Waals surface area (Å²) in [5.74, 6) is 1.35. The van der Waals surface area contributed by atoms with E-state index in [4.69, 9.17) is 10.3 Å². The molecule has 1 amide bonds. The monoisotopic (exact) mass is 306 g/mol. The second-order valence-electron chi connectivity index (χ2n) is 6.66. The molecule has 122 valence electrons. The number of rotatable bonds is 3. The van der Waals surface area contributed by atoms with Crippen LogP contribution in [0.1, 0.15) is 37.1 Å². The first kappa shape index (κ1) is 15.5. The summed E-state index contributed by atoms with van der Waals surface area (Å²) in [6.45, 7) is 6.10. The van der Waals surface area contributed by atoms with Gasteiger partial charge in [-0.05, 0) is 26.2 Å². The highest BCUT2D eigenvalue weighted by Gasteiger charge is 2.30. The number of hydrogen-bond donors (Lipinski definition) is 1. The van der Waals surface area contributed by atoms with Crippen molar-refractivity contribution < 1.29 is 9.32 Å². The number of amides is 1. The van der Waals surface area contributed by atoms with Crippen molar-refractivity contribution in [3.8, 4) is 0 Å². The van der Waals surface area contributed by atoms with Crippen LogP contribution in [0.3, 0.4) is 0 Å². The molecule has 3 rings (SSSR count).